The average Bonchev–Trinajstić information content (AvgIpc) is 2.60. The molecule has 0 unspecified atom stereocenters. The van der Waals surface area contributed by atoms with Crippen molar-refractivity contribution in [3.63, 3.8) is 0 Å². The van der Waals surface area contributed by atoms with Crippen molar-refractivity contribution in [3.8, 4) is 5.75 Å². The molecule has 2 aromatic carbocycles. The van der Waals surface area contributed by atoms with E-state index < -0.39 is 7.12 Å². The molecule has 5 nitrogen and oxygen atoms in total. The van der Waals surface area contributed by atoms with Crippen molar-refractivity contribution in [1.82, 2.24) is 4.98 Å². The third-order valence-corrected chi connectivity index (χ3v) is 5.23. The number of benzene rings is 2. The van der Waals surface area contributed by atoms with Gasteiger partial charge in [-0.25, -0.2) is 4.98 Å². The molecule has 0 radical (unpaired) electrons. The van der Waals surface area contributed by atoms with Gasteiger partial charge in [0, 0.05) is 16.5 Å². The summed E-state index contributed by atoms with van der Waals surface area (Å²) in [5.41, 5.74) is 10.5. The predicted molar refractivity (Wildman–Crippen MR) is 108 cm³/mol. The number of pyridine rings is 1. The number of nitrogen functional groups attached to an aromatic ring is 1. The van der Waals surface area contributed by atoms with Crippen LogP contribution in [0.3, 0.4) is 0 Å². The summed E-state index contributed by atoms with van der Waals surface area (Å²) in [5, 5.41) is 32.3. The van der Waals surface area contributed by atoms with Gasteiger partial charge in [-0.05, 0) is 61.0 Å². The van der Waals surface area contributed by atoms with E-state index in [2.05, 4.69) is 11.9 Å². The van der Waals surface area contributed by atoms with Crippen molar-refractivity contribution in [3.05, 3.63) is 34.9 Å². The number of fused-ring (bicyclic) bond motifs is 2. The number of unbranched alkanes of at least 4 members (excludes halogenated alkanes) is 2. The zero-order chi connectivity index (χ0) is 19.0. The minimum absolute atomic E-state index is 0.127. The van der Waals surface area contributed by atoms with Crippen LogP contribution in [0.2, 0.25) is 0 Å². The second kappa shape index (κ2) is 7.13. The molecule has 0 saturated carbocycles. The van der Waals surface area contributed by atoms with Crippen LogP contribution < -0.4 is 11.2 Å². The molecule has 3 aromatic rings. The minimum Gasteiger partial charge on any atom is -0.505 e. The average molecular weight is 352 g/mol. The van der Waals surface area contributed by atoms with Crippen molar-refractivity contribution < 1.29 is 15.2 Å². The fourth-order valence-corrected chi connectivity index (χ4v) is 3.66. The fraction of sp³-hybridized carbons (Fsp3) is 0.350. The Hall–Kier alpha value is -2.31. The molecule has 0 aliphatic carbocycles. The van der Waals surface area contributed by atoms with Gasteiger partial charge in [0.2, 0.25) is 0 Å². The van der Waals surface area contributed by atoms with E-state index in [9.17, 15) is 15.2 Å². The second-order valence-electron chi connectivity index (χ2n) is 6.93. The minimum atomic E-state index is -1.63. The Morgan fingerprint density at radius 2 is 1.81 bits per heavy atom. The van der Waals surface area contributed by atoms with E-state index in [1.165, 1.54) is 0 Å². The molecule has 5 N–H and O–H groups in total. The van der Waals surface area contributed by atoms with Gasteiger partial charge in [0.25, 0.3) is 0 Å². The summed E-state index contributed by atoms with van der Waals surface area (Å²) in [6.07, 6.45) is 3.73. The molecule has 0 fully saturated rings. The first-order chi connectivity index (χ1) is 12.4. The van der Waals surface area contributed by atoms with Gasteiger partial charge in [-0.3, -0.25) is 0 Å². The van der Waals surface area contributed by atoms with E-state index >= 15 is 0 Å². The second-order valence-corrected chi connectivity index (χ2v) is 6.93. The van der Waals surface area contributed by atoms with Crippen LogP contribution in [0.15, 0.2) is 18.2 Å². The Bertz CT molecular complexity index is 986. The summed E-state index contributed by atoms with van der Waals surface area (Å²) in [4.78, 5) is 4.66. The lowest BCUT2D eigenvalue weighted by atomic mass is 9.72. The number of aromatic nitrogens is 1. The Kier molecular flexibility index (Phi) is 5.07. The van der Waals surface area contributed by atoms with Crippen molar-refractivity contribution in [2.45, 2.75) is 46.5 Å². The van der Waals surface area contributed by atoms with Crippen LogP contribution >= 0.6 is 0 Å². The molecule has 0 aliphatic heterocycles. The number of nitrogens with two attached hydrogens (primary N) is 1. The predicted octanol–water partition coefficient (Wildman–Crippen LogP) is 2.71. The van der Waals surface area contributed by atoms with Crippen LogP contribution in [0, 0.1) is 13.8 Å². The molecule has 0 bridgehead atoms. The highest BCUT2D eigenvalue weighted by molar-refractivity contribution is 6.62. The number of hydrogen-bond acceptors (Lipinski definition) is 5. The number of aromatic hydroxyl groups is 1. The third-order valence-electron chi connectivity index (χ3n) is 5.23. The maximum absolute atomic E-state index is 10.9. The molecule has 136 valence electrons. The SMILES string of the molecule is CCCCCc1c(C)c(B(O)O)c2cc3ccc(N)c(C)c3nc2c1O. The summed E-state index contributed by atoms with van der Waals surface area (Å²) in [6, 6.07) is 5.52. The summed E-state index contributed by atoms with van der Waals surface area (Å²) in [7, 11) is -1.63. The normalized spacial score (nSPS) is 11.4. The molecule has 0 amide bonds. The molecule has 0 atom stereocenters. The van der Waals surface area contributed by atoms with E-state index in [0.29, 0.717) is 28.5 Å². The first-order valence-corrected chi connectivity index (χ1v) is 9.06. The van der Waals surface area contributed by atoms with Crippen LogP contribution in [0.1, 0.15) is 42.9 Å². The smallest absolute Gasteiger partial charge is 0.489 e. The Morgan fingerprint density at radius 1 is 1.08 bits per heavy atom. The molecule has 0 aliphatic rings. The van der Waals surface area contributed by atoms with E-state index in [-0.39, 0.29) is 5.75 Å². The Balaban J connectivity index is 2.37. The summed E-state index contributed by atoms with van der Waals surface area (Å²) in [5.74, 6) is 0.127. The van der Waals surface area contributed by atoms with Crippen LogP contribution in [0.4, 0.5) is 5.69 Å². The molecular formula is C20H25BN2O3. The summed E-state index contributed by atoms with van der Waals surface area (Å²) < 4.78 is 0. The lowest BCUT2D eigenvalue weighted by Crippen LogP contribution is -2.34. The van der Waals surface area contributed by atoms with Gasteiger partial charge in [-0.15, -0.1) is 0 Å². The van der Waals surface area contributed by atoms with Gasteiger partial charge >= 0.3 is 7.12 Å². The monoisotopic (exact) mass is 352 g/mol. The maximum atomic E-state index is 10.9. The summed E-state index contributed by atoms with van der Waals surface area (Å²) >= 11 is 0. The number of anilines is 1. The highest BCUT2D eigenvalue weighted by Crippen LogP contribution is 2.34. The summed E-state index contributed by atoms with van der Waals surface area (Å²) in [6.45, 7) is 5.84. The van der Waals surface area contributed by atoms with Crippen LogP contribution in [0.25, 0.3) is 21.8 Å². The van der Waals surface area contributed by atoms with Gasteiger partial charge in [0.05, 0.1) is 5.52 Å². The maximum Gasteiger partial charge on any atom is 0.489 e. The zero-order valence-electron chi connectivity index (χ0n) is 15.5. The van der Waals surface area contributed by atoms with Crippen molar-refractivity contribution >= 4 is 40.1 Å². The van der Waals surface area contributed by atoms with E-state index in [1.807, 2.05) is 32.0 Å². The van der Waals surface area contributed by atoms with Gasteiger partial charge in [0.1, 0.15) is 11.3 Å². The highest BCUT2D eigenvalue weighted by atomic mass is 16.4. The molecule has 1 heterocycles. The van der Waals surface area contributed by atoms with Crippen LogP contribution in [0.5, 0.6) is 5.75 Å². The molecule has 0 saturated heterocycles. The quantitative estimate of drug-likeness (QED) is 0.245. The van der Waals surface area contributed by atoms with Crippen LogP contribution in [-0.4, -0.2) is 27.3 Å². The molecule has 1 aromatic heterocycles. The van der Waals surface area contributed by atoms with Crippen molar-refractivity contribution in [2.24, 2.45) is 0 Å². The van der Waals surface area contributed by atoms with Crippen molar-refractivity contribution in [1.29, 1.82) is 0 Å². The third kappa shape index (κ3) is 3.00. The van der Waals surface area contributed by atoms with E-state index in [1.54, 1.807) is 0 Å². The molecule has 0 spiro atoms. The molecule has 6 heteroatoms. The lowest BCUT2D eigenvalue weighted by Gasteiger charge is -2.18. The lowest BCUT2D eigenvalue weighted by molar-refractivity contribution is 0.425. The number of nitrogens with zero attached hydrogens (tertiary/aromatic N) is 1. The highest BCUT2D eigenvalue weighted by Gasteiger charge is 2.25. The number of phenolic OH excluding ortho intramolecular Hbond substituents is 1. The Labute approximate surface area is 153 Å². The molecule has 26 heavy (non-hydrogen) atoms. The van der Waals surface area contributed by atoms with Gasteiger partial charge in [-0.2, -0.15) is 0 Å². The number of aryl methyl sites for hydroxylation is 1. The van der Waals surface area contributed by atoms with Gasteiger partial charge < -0.3 is 20.9 Å². The van der Waals surface area contributed by atoms with Crippen molar-refractivity contribution in [2.75, 3.05) is 5.73 Å². The van der Waals surface area contributed by atoms with Gasteiger partial charge in [0.15, 0.2) is 0 Å². The van der Waals surface area contributed by atoms with Gasteiger partial charge in [-0.1, -0.05) is 25.8 Å². The first kappa shape index (κ1) is 18.5. The van der Waals surface area contributed by atoms with E-state index in [4.69, 9.17) is 5.73 Å². The topological polar surface area (TPSA) is 99.6 Å². The number of rotatable bonds is 5. The first-order valence-electron chi connectivity index (χ1n) is 9.06. The zero-order valence-corrected chi connectivity index (χ0v) is 15.5. The van der Waals surface area contributed by atoms with E-state index in [0.717, 1.165) is 46.9 Å². The largest absolute Gasteiger partial charge is 0.505 e. The number of hydrogen-bond donors (Lipinski definition) is 4. The van der Waals surface area contributed by atoms with Crippen LogP contribution in [-0.2, 0) is 6.42 Å². The standard InChI is InChI=1S/C20H25BN2O3/c1-4-5-6-7-14-11(2)17(21(25)26)15-10-13-8-9-16(22)12(3)18(13)23-19(15)20(14)24/h8-10,24-26H,4-7,22H2,1-3H3. The Morgan fingerprint density at radius 3 is 2.46 bits per heavy atom. The molecule has 3 rings (SSSR count). The number of phenols is 1. The fourth-order valence-electron chi connectivity index (χ4n) is 3.66. The molecular weight excluding hydrogens is 327 g/mol.